The van der Waals surface area contributed by atoms with Gasteiger partial charge in [0.1, 0.15) is 0 Å². The molecule has 2 rings (SSSR count). The van der Waals surface area contributed by atoms with E-state index in [2.05, 4.69) is 28.7 Å². The molecule has 0 bridgehead atoms. The van der Waals surface area contributed by atoms with Crippen molar-refractivity contribution >= 4 is 39.9 Å². The zero-order valence-electron chi connectivity index (χ0n) is 12.9. The summed E-state index contributed by atoms with van der Waals surface area (Å²) >= 11 is 2.16. The van der Waals surface area contributed by atoms with Crippen LogP contribution in [0.1, 0.15) is 11.1 Å². The summed E-state index contributed by atoms with van der Waals surface area (Å²) < 4.78 is 11.3. The van der Waals surface area contributed by atoms with E-state index in [-0.39, 0.29) is 17.0 Å². The second kappa shape index (κ2) is 7.79. The minimum Gasteiger partial charge on any atom is -0.493 e. The summed E-state index contributed by atoms with van der Waals surface area (Å²) in [6, 6.07) is 12.2. The lowest BCUT2D eigenvalue weighted by atomic mass is 10.0. The lowest BCUT2D eigenvalue weighted by molar-refractivity contribution is -0.385. The predicted octanol–water partition coefficient (Wildman–Crippen LogP) is 4.28. The number of benzene rings is 2. The van der Waals surface area contributed by atoms with Gasteiger partial charge in [0.15, 0.2) is 11.5 Å². The Bertz CT molecular complexity index is 839. The Morgan fingerprint density at radius 1 is 1.21 bits per heavy atom. The fourth-order valence-corrected chi connectivity index (χ4v) is 2.48. The largest absolute Gasteiger partial charge is 0.493 e. The number of rotatable bonds is 5. The van der Waals surface area contributed by atoms with Crippen molar-refractivity contribution in [3.8, 4) is 17.6 Å². The Hall–Kier alpha value is -2.60. The molecule has 0 unspecified atom stereocenters. The molecule has 0 atom stereocenters. The van der Waals surface area contributed by atoms with E-state index >= 15 is 0 Å². The molecule has 0 N–H and O–H groups in total. The number of allylic oxidation sites excluding steroid dienone is 1. The summed E-state index contributed by atoms with van der Waals surface area (Å²) in [5.74, 6) is 0.614. The van der Waals surface area contributed by atoms with Gasteiger partial charge in [-0.2, -0.15) is 5.26 Å². The molecule has 2 aromatic carbocycles. The second-order valence-corrected chi connectivity index (χ2v) is 5.95. The number of nitro benzene ring substituents is 1. The number of hydrogen-bond acceptors (Lipinski definition) is 5. The Labute approximate surface area is 152 Å². The van der Waals surface area contributed by atoms with Crippen LogP contribution in [0.2, 0.25) is 0 Å². The highest BCUT2D eigenvalue weighted by atomic mass is 127. The molecular weight excluding hydrogens is 423 g/mol. The molecule has 0 aromatic heterocycles. The summed E-state index contributed by atoms with van der Waals surface area (Å²) in [6.45, 7) is 0. The first-order chi connectivity index (χ1) is 11.5. The van der Waals surface area contributed by atoms with Crippen LogP contribution in [-0.2, 0) is 0 Å². The van der Waals surface area contributed by atoms with Gasteiger partial charge in [0.2, 0.25) is 0 Å². The molecule has 0 spiro atoms. The first-order valence-electron chi connectivity index (χ1n) is 6.78. The fourth-order valence-electron chi connectivity index (χ4n) is 2.12. The summed E-state index contributed by atoms with van der Waals surface area (Å²) in [4.78, 5) is 10.8. The van der Waals surface area contributed by atoms with Crippen LogP contribution in [0.25, 0.3) is 11.6 Å². The van der Waals surface area contributed by atoms with Crippen LogP contribution >= 0.6 is 22.6 Å². The van der Waals surface area contributed by atoms with Gasteiger partial charge in [0.05, 0.1) is 42.4 Å². The Morgan fingerprint density at radius 3 is 2.29 bits per heavy atom. The van der Waals surface area contributed by atoms with E-state index in [1.165, 1.54) is 32.4 Å². The van der Waals surface area contributed by atoms with Crippen molar-refractivity contribution in [2.75, 3.05) is 14.2 Å². The first kappa shape index (κ1) is 17.7. The van der Waals surface area contributed by atoms with Gasteiger partial charge in [-0.05, 0) is 52.4 Å². The number of nitrogens with zero attached hydrogens (tertiary/aromatic N) is 2. The van der Waals surface area contributed by atoms with Crippen LogP contribution in [0, 0.1) is 25.0 Å². The van der Waals surface area contributed by atoms with E-state index in [4.69, 9.17) is 9.47 Å². The van der Waals surface area contributed by atoms with Gasteiger partial charge in [0, 0.05) is 3.57 Å². The molecule has 0 aliphatic heterocycles. The lowest BCUT2D eigenvalue weighted by Gasteiger charge is -2.09. The van der Waals surface area contributed by atoms with E-state index < -0.39 is 4.92 Å². The molecular formula is C17H13IN2O4. The molecule has 0 aliphatic carbocycles. The van der Waals surface area contributed by atoms with Crippen LogP contribution in [0.5, 0.6) is 11.5 Å². The number of nitriles is 1. The van der Waals surface area contributed by atoms with Crippen molar-refractivity contribution in [3.63, 3.8) is 0 Å². The van der Waals surface area contributed by atoms with E-state index in [1.54, 1.807) is 12.1 Å². The summed E-state index contributed by atoms with van der Waals surface area (Å²) in [5, 5.41) is 20.8. The summed E-state index contributed by atoms with van der Waals surface area (Å²) in [5.41, 5.74) is 1.11. The molecule has 24 heavy (non-hydrogen) atoms. The van der Waals surface area contributed by atoms with Crippen molar-refractivity contribution in [1.82, 2.24) is 0 Å². The quantitative estimate of drug-likeness (QED) is 0.230. The normalized spacial score (nSPS) is 10.8. The van der Waals surface area contributed by atoms with Crippen molar-refractivity contribution in [3.05, 3.63) is 61.2 Å². The molecule has 0 radical (unpaired) electrons. The second-order valence-electron chi connectivity index (χ2n) is 4.70. The standard InChI is InChI=1S/C17H13IN2O4/c1-23-16-8-12(15(20(21)22)9-17(16)24-2)7-13(10-19)11-3-5-14(18)6-4-11/h3-9H,1-2H3/b13-7-. The zero-order valence-corrected chi connectivity index (χ0v) is 15.1. The van der Waals surface area contributed by atoms with E-state index in [0.717, 1.165) is 3.57 Å². The van der Waals surface area contributed by atoms with Gasteiger partial charge in [-0.15, -0.1) is 0 Å². The molecule has 0 saturated heterocycles. The third-order valence-corrected chi connectivity index (χ3v) is 4.02. The maximum atomic E-state index is 11.3. The average molecular weight is 436 g/mol. The topological polar surface area (TPSA) is 85.4 Å². The molecule has 0 amide bonds. The SMILES string of the molecule is COc1cc(/C=C(/C#N)c2ccc(I)cc2)c([N+](=O)[O-])cc1OC. The van der Waals surface area contributed by atoms with Gasteiger partial charge >= 0.3 is 0 Å². The van der Waals surface area contributed by atoms with Crippen molar-refractivity contribution in [2.24, 2.45) is 0 Å². The third kappa shape index (κ3) is 3.83. The zero-order chi connectivity index (χ0) is 17.7. The molecule has 122 valence electrons. The average Bonchev–Trinajstić information content (AvgIpc) is 2.59. The van der Waals surface area contributed by atoms with E-state index in [0.29, 0.717) is 16.9 Å². The van der Waals surface area contributed by atoms with Crippen molar-refractivity contribution < 1.29 is 14.4 Å². The number of ether oxygens (including phenoxy) is 2. The number of hydrogen-bond donors (Lipinski definition) is 0. The fraction of sp³-hybridized carbons (Fsp3) is 0.118. The Kier molecular flexibility index (Phi) is 5.76. The molecule has 0 heterocycles. The van der Waals surface area contributed by atoms with Gasteiger partial charge < -0.3 is 9.47 Å². The van der Waals surface area contributed by atoms with Crippen LogP contribution in [0.15, 0.2) is 36.4 Å². The van der Waals surface area contributed by atoms with Crippen LogP contribution in [0.4, 0.5) is 5.69 Å². The molecule has 0 aliphatic rings. The van der Waals surface area contributed by atoms with Gasteiger partial charge in [-0.1, -0.05) is 12.1 Å². The van der Waals surface area contributed by atoms with Gasteiger partial charge in [-0.25, -0.2) is 0 Å². The maximum Gasteiger partial charge on any atom is 0.280 e. The molecule has 0 saturated carbocycles. The number of halogens is 1. The number of methoxy groups -OCH3 is 2. The molecule has 7 heteroatoms. The first-order valence-corrected chi connectivity index (χ1v) is 7.86. The highest BCUT2D eigenvalue weighted by molar-refractivity contribution is 14.1. The summed E-state index contributed by atoms with van der Waals surface area (Å²) in [6.07, 6.45) is 1.47. The third-order valence-electron chi connectivity index (χ3n) is 3.31. The maximum absolute atomic E-state index is 11.3. The lowest BCUT2D eigenvalue weighted by Crippen LogP contribution is -1.97. The van der Waals surface area contributed by atoms with Crippen LogP contribution in [0.3, 0.4) is 0 Å². The number of nitro groups is 1. The van der Waals surface area contributed by atoms with E-state index in [1.807, 2.05) is 12.1 Å². The Balaban J connectivity index is 2.62. The minimum atomic E-state index is -0.517. The summed E-state index contributed by atoms with van der Waals surface area (Å²) in [7, 11) is 2.85. The van der Waals surface area contributed by atoms with E-state index in [9.17, 15) is 15.4 Å². The highest BCUT2D eigenvalue weighted by Crippen LogP contribution is 2.36. The molecule has 6 nitrogen and oxygen atoms in total. The van der Waals surface area contributed by atoms with Gasteiger partial charge in [-0.3, -0.25) is 10.1 Å². The molecule has 2 aromatic rings. The minimum absolute atomic E-state index is 0.161. The van der Waals surface area contributed by atoms with Gasteiger partial charge in [0.25, 0.3) is 5.69 Å². The van der Waals surface area contributed by atoms with Crippen molar-refractivity contribution in [2.45, 2.75) is 0 Å². The smallest absolute Gasteiger partial charge is 0.280 e. The van der Waals surface area contributed by atoms with Crippen LogP contribution in [-0.4, -0.2) is 19.1 Å². The monoisotopic (exact) mass is 436 g/mol. The Morgan fingerprint density at radius 2 is 1.79 bits per heavy atom. The predicted molar refractivity (Wildman–Crippen MR) is 98.8 cm³/mol. The van der Waals surface area contributed by atoms with Crippen molar-refractivity contribution in [1.29, 1.82) is 5.26 Å². The highest BCUT2D eigenvalue weighted by Gasteiger charge is 2.19. The molecule has 0 fully saturated rings. The van der Waals surface area contributed by atoms with Crippen LogP contribution < -0.4 is 9.47 Å².